The number of hydrogen-bond donors (Lipinski definition) is 0. The molecule has 0 bridgehead atoms. The minimum absolute atomic E-state index is 0.884. The Hall–Kier alpha value is -5.19. The lowest BCUT2D eigenvalue weighted by Crippen LogP contribution is -1.93. The van der Waals surface area contributed by atoms with Gasteiger partial charge in [-0.15, -0.1) is 11.3 Å². The fourth-order valence-corrected chi connectivity index (χ4v) is 7.11. The molecule has 0 aliphatic heterocycles. The number of furan rings is 1. The van der Waals surface area contributed by atoms with Gasteiger partial charge in [-0.25, -0.2) is 4.98 Å². The summed E-state index contributed by atoms with van der Waals surface area (Å²) in [5.74, 6) is 0. The highest BCUT2D eigenvalue weighted by Gasteiger charge is 2.15. The van der Waals surface area contributed by atoms with Crippen LogP contribution < -0.4 is 0 Å². The first-order chi connectivity index (χ1) is 20.3. The van der Waals surface area contributed by atoms with E-state index in [0.717, 1.165) is 43.7 Å². The van der Waals surface area contributed by atoms with Gasteiger partial charge in [0.1, 0.15) is 16.2 Å². The summed E-state index contributed by atoms with van der Waals surface area (Å²) >= 11 is 1.73. The highest BCUT2D eigenvalue weighted by molar-refractivity contribution is 7.21. The minimum atomic E-state index is 0.884. The van der Waals surface area contributed by atoms with Crippen molar-refractivity contribution in [1.29, 1.82) is 0 Å². The molecule has 9 rings (SSSR count). The van der Waals surface area contributed by atoms with E-state index in [9.17, 15) is 0 Å². The third-order valence-corrected chi connectivity index (χ3v) is 9.14. The quantitative estimate of drug-likeness (QED) is 0.222. The molecule has 9 aromatic rings. The zero-order valence-corrected chi connectivity index (χ0v) is 22.7. The maximum Gasteiger partial charge on any atom is 0.137 e. The highest BCUT2D eigenvalue weighted by Crippen LogP contribution is 2.39. The van der Waals surface area contributed by atoms with Gasteiger partial charge in [0.15, 0.2) is 0 Å². The van der Waals surface area contributed by atoms with Gasteiger partial charge in [-0.05, 0) is 53.6 Å². The fourth-order valence-electron chi connectivity index (χ4n) is 6.13. The van der Waals surface area contributed by atoms with Crippen LogP contribution in [0.25, 0.3) is 81.3 Å². The van der Waals surface area contributed by atoms with Gasteiger partial charge in [-0.3, -0.25) is 0 Å². The third-order valence-electron chi connectivity index (χ3n) is 8.07. The molecule has 0 atom stereocenters. The molecule has 41 heavy (non-hydrogen) atoms. The summed E-state index contributed by atoms with van der Waals surface area (Å²) < 4.78 is 9.60. The van der Waals surface area contributed by atoms with Crippen molar-refractivity contribution in [1.82, 2.24) is 9.55 Å². The Labute approximate surface area is 239 Å². The molecule has 4 heteroatoms. The highest BCUT2D eigenvalue weighted by atomic mass is 32.1. The predicted molar refractivity (Wildman–Crippen MR) is 172 cm³/mol. The molecule has 3 nitrogen and oxygen atoms in total. The van der Waals surface area contributed by atoms with Crippen LogP contribution in [0.15, 0.2) is 138 Å². The van der Waals surface area contributed by atoms with E-state index in [4.69, 9.17) is 9.40 Å². The van der Waals surface area contributed by atoms with Crippen molar-refractivity contribution < 1.29 is 4.42 Å². The molecule has 3 aromatic heterocycles. The van der Waals surface area contributed by atoms with E-state index in [0.29, 0.717) is 0 Å². The number of nitrogens with zero attached hydrogens (tertiary/aromatic N) is 2. The average molecular weight is 543 g/mol. The summed E-state index contributed by atoms with van der Waals surface area (Å²) in [5, 5.41) is 5.79. The molecule has 0 fully saturated rings. The normalized spacial score (nSPS) is 11.9. The molecule has 3 heterocycles. The average Bonchev–Trinajstić information content (AvgIpc) is 3.73. The Kier molecular flexibility index (Phi) is 4.77. The Morgan fingerprint density at radius 2 is 1.10 bits per heavy atom. The molecule has 0 radical (unpaired) electrons. The summed E-state index contributed by atoms with van der Waals surface area (Å²) in [6.07, 6.45) is 0. The SMILES string of the molecule is c1ccc2c(c1)oc1ccc3sc(-c4ccc(-c5ccc(-n6c7ccccc7c7ccccc76)cc5)cc4)nc3c12. The largest absolute Gasteiger partial charge is 0.456 e. The van der Waals surface area contributed by atoms with Gasteiger partial charge >= 0.3 is 0 Å². The molecular weight excluding hydrogens is 520 g/mol. The molecule has 0 aliphatic rings. The molecule has 6 aromatic carbocycles. The maximum absolute atomic E-state index is 6.08. The van der Waals surface area contributed by atoms with Crippen LogP contribution in [0.4, 0.5) is 0 Å². The lowest BCUT2D eigenvalue weighted by atomic mass is 10.0. The van der Waals surface area contributed by atoms with Crippen molar-refractivity contribution in [3.8, 4) is 27.4 Å². The molecule has 0 saturated heterocycles. The Balaban J connectivity index is 1.08. The van der Waals surface area contributed by atoms with Crippen LogP contribution in [0.2, 0.25) is 0 Å². The number of aromatic nitrogens is 2. The molecule has 0 spiro atoms. The van der Waals surface area contributed by atoms with Crippen LogP contribution in [0.5, 0.6) is 0 Å². The Morgan fingerprint density at radius 1 is 0.512 bits per heavy atom. The van der Waals surface area contributed by atoms with Crippen LogP contribution in [-0.4, -0.2) is 9.55 Å². The lowest BCUT2D eigenvalue weighted by molar-refractivity contribution is 0.669. The third kappa shape index (κ3) is 3.41. The summed E-state index contributed by atoms with van der Waals surface area (Å²) in [6, 6.07) is 47.2. The van der Waals surface area contributed by atoms with E-state index in [1.165, 1.54) is 37.6 Å². The summed E-state index contributed by atoms with van der Waals surface area (Å²) in [6.45, 7) is 0. The molecule has 192 valence electrons. The van der Waals surface area contributed by atoms with Gasteiger partial charge in [0.25, 0.3) is 0 Å². The summed E-state index contributed by atoms with van der Waals surface area (Å²) in [5.41, 5.74) is 9.91. The second-order valence-electron chi connectivity index (χ2n) is 10.4. The molecule has 0 saturated carbocycles. The van der Waals surface area contributed by atoms with Gasteiger partial charge in [0.2, 0.25) is 0 Å². The Bertz CT molecular complexity index is 2350. The zero-order chi connectivity index (χ0) is 26.9. The number of fused-ring (bicyclic) bond motifs is 8. The molecule has 0 aliphatic carbocycles. The number of thiazole rings is 1. The number of hydrogen-bond acceptors (Lipinski definition) is 3. The van der Waals surface area contributed by atoms with E-state index in [-0.39, 0.29) is 0 Å². The summed E-state index contributed by atoms with van der Waals surface area (Å²) in [7, 11) is 0. The van der Waals surface area contributed by atoms with Crippen LogP contribution in [-0.2, 0) is 0 Å². The van der Waals surface area contributed by atoms with Crippen molar-refractivity contribution in [2.45, 2.75) is 0 Å². The van der Waals surface area contributed by atoms with Crippen molar-refractivity contribution >= 4 is 65.3 Å². The first kappa shape index (κ1) is 22.6. The standard InChI is InChI=1S/C37H22N2OS/c1-4-10-30-27(7-1)28-8-2-5-11-31(28)39(30)26-19-17-24(18-20-26)23-13-15-25(16-14-23)37-38-36-34(41-37)22-21-33-35(36)29-9-3-6-12-32(29)40-33/h1-22H. The first-order valence-corrected chi connectivity index (χ1v) is 14.5. The van der Waals surface area contributed by atoms with Gasteiger partial charge in [0.05, 0.1) is 26.6 Å². The summed E-state index contributed by atoms with van der Waals surface area (Å²) in [4.78, 5) is 5.08. The molecule has 0 N–H and O–H groups in total. The molecular formula is C37H22N2OS. The fraction of sp³-hybridized carbons (Fsp3) is 0. The first-order valence-electron chi connectivity index (χ1n) is 13.7. The van der Waals surface area contributed by atoms with E-state index < -0.39 is 0 Å². The van der Waals surface area contributed by atoms with Crippen molar-refractivity contribution in [3.05, 3.63) is 133 Å². The van der Waals surface area contributed by atoms with E-state index in [1.807, 2.05) is 12.1 Å². The van der Waals surface area contributed by atoms with Crippen molar-refractivity contribution in [2.75, 3.05) is 0 Å². The molecule has 0 unspecified atom stereocenters. The number of rotatable bonds is 3. The molecule has 0 amide bonds. The van der Waals surface area contributed by atoms with Crippen LogP contribution in [0, 0.1) is 0 Å². The van der Waals surface area contributed by atoms with Gasteiger partial charge in [-0.2, -0.15) is 0 Å². The van der Waals surface area contributed by atoms with E-state index >= 15 is 0 Å². The van der Waals surface area contributed by atoms with Crippen molar-refractivity contribution in [3.63, 3.8) is 0 Å². The number of benzene rings is 6. The van der Waals surface area contributed by atoms with E-state index in [2.05, 4.69) is 126 Å². The van der Waals surface area contributed by atoms with Gasteiger partial charge < -0.3 is 8.98 Å². The second-order valence-corrected chi connectivity index (χ2v) is 11.4. The predicted octanol–water partition coefficient (Wildman–Crippen LogP) is 10.6. The van der Waals surface area contributed by atoms with E-state index in [1.54, 1.807) is 11.3 Å². The topological polar surface area (TPSA) is 31.0 Å². The van der Waals surface area contributed by atoms with Crippen molar-refractivity contribution in [2.24, 2.45) is 0 Å². The monoisotopic (exact) mass is 542 g/mol. The maximum atomic E-state index is 6.08. The minimum Gasteiger partial charge on any atom is -0.456 e. The van der Waals surface area contributed by atoms with Gasteiger partial charge in [-0.1, -0.05) is 91.0 Å². The smallest absolute Gasteiger partial charge is 0.137 e. The van der Waals surface area contributed by atoms with Gasteiger partial charge in [0, 0.05) is 27.4 Å². The lowest BCUT2D eigenvalue weighted by Gasteiger charge is -2.09. The van der Waals surface area contributed by atoms with Crippen LogP contribution in [0.1, 0.15) is 0 Å². The zero-order valence-electron chi connectivity index (χ0n) is 21.9. The second kappa shape index (κ2) is 8.65. The van der Waals surface area contributed by atoms with Crippen LogP contribution >= 0.6 is 11.3 Å². The van der Waals surface area contributed by atoms with Crippen LogP contribution in [0.3, 0.4) is 0 Å². The Morgan fingerprint density at radius 3 is 1.80 bits per heavy atom. The number of para-hydroxylation sites is 3.